The molecule has 0 amide bonds. The molecule has 0 aliphatic carbocycles. The highest BCUT2D eigenvalue weighted by Gasteiger charge is 2.09. The van der Waals surface area contributed by atoms with E-state index < -0.39 is 0 Å². The fourth-order valence-electron chi connectivity index (χ4n) is 6.12. The Morgan fingerprint density at radius 3 is 1.00 bits per heavy atom. The Kier molecular flexibility index (Phi) is 32.0. The van der Waals surface area contributed by atoms with E-state index in [0.717, 1.165) is 48.3 Å². The first-order valence-electron chi connectivity index (χ1n) is 18.8. The normalized spacial score (nSPS) is 15.8. The molecular formula is C40H82O2. The molecule has 3 unspecified atom stereocenters. The van der Waals surface area contributed by atoms with Gasteiger partial charge < -0.3 is 10.2 Å². The highest BCUT2D eigenvalue weighted by molar-refractivity contribution is 4.97. The van der Waals surface area contributed by atoms with Crippen molar-refractivity contribution in [3.8, 4) is 0 Å². The maximum atomic E-state index is 8.91. The molecule has 0 aromatic rings. The van der Waals surface area contributed by atoms with Crippen LogP contribution in [-0.4, -0.2) is 23.4 Å². The molecule has 2 N–H and O–H groups in total. The van der Waals surface area contributed by atoms with E-state index in [9.17, 15) is 0 Å². The van der Waals surface area contributed by atoms with Gasteiger partial charge in [0, 0.05) is 6.61 Å². The van der Waals surface area contributed by atoms with E-state index in [1.54, 1.807) is 0 Å². The van der Waals surface area contributed by atoms with E-state index in [4.69, 9.17) is 10.2 Å². The molecule has 0 rings (SSSR count). The van der Waals surface area contributed by atoms with Gasteiger partial charge >= 0.3 is 0 Å². The SMILES string of the molecule is C/C(=C\CO)CCC[C@H](C)CCC[C@H](C)CCCC(C)C.CC(C)CCCC(C)CCCC(C)CCCC(C)CCO. The van der Waals surface area contributed by atoms with Crippen molar-refractivity contribution in [1.82, 2.24) is 0 Å². The van der Waals surface area contributed by atoms with Crippen molar-refractivity contribution in [2.45, 2.75) is 191 Å². The number of aliphatic hydroxyl groups is 2. The van der Waals surface area contributed by atoms with Gasteiger partial charge in [0.15, 0.2) is 0 Å². The summed E-state index contributed by atoms with van der Waals surface area (Å²) in [5, 5.41) is 17.7. The van der Waals surface area contributed by atoms with Gasteiger partial charge in [0.1, 0.15) is 0 Å². The van der Waals surface area contributed by atoms with Crippen LogP contribution >= 0.6 is 0 Å². The van der Waals surface area contributed by atoms with Gasteiger partial charge in [-0.2, -0.15) is 0 Å². The standard InChI is InChI=1S/C20H42O.C20H40O/c2*1-17(2)9-6-10-18(3)11-7-12-19(4)13-8-14-20(5)15-16-21/h17-21H,6-16H2,1-5H3;15,17-19,21H,6-14,16H2,1-5H3/b;20-15+/t;18-,19-/m.1/s1. The molecule has 0 fully saturated rings. The Morgan fingerprint density at radius 2 is 0.714 bits per heavy atom. The van der Waals surface area contributed by atoms with Crippen molar-refractivity contribution in [2.24, 2.45) is 41.4 Å². The highest BCUT2D eigenvalue weighted by atomic mass is 16.3. The largest absolute Gasteiger partial charge is 0.396 e. The second kappa shape index (κ2) is 30.7. The Labute approximate surface area is 267 Å². The van der Waals surface area contributed by atoms with Gasteiger partial charge in [0.25, 0.3) is 0 Å². The minimum Gasteiger partial charge on any atom is -0.396 e. The van der Waals surface area contributed by atoms with Gasteiger partial charge in [-0.3, -0.25) is 0 Å². The van der Waals surface area contributed by atoms with Crippen LogP contribution in [0.15, 0.2) is 11.6 Å². The summed E-state index contributed by atoms with van der Waals surface area (Å²) < 4.78 is 0. The average Bonchev–Trinajstić information content (AvgIpc) is 2.89. The van der Waals surface area contributed by atoms with Gasteiger partial charge in [-0.25, -0.2) is 0 Å². The molecule has 0 saturated carbocycles. The Bertz CT molecular complexity index is 566. The van der Waals surface area contributed by atoms with Crippen LogP contribution in [-0.2, 0) is 0 Å². The molecule has 0 aliphatic heterocycles. The van der Waals surface area contributed by atoms with Crippen LogP contribution in [0.3, 0.4) is 0 Å². The fourth-order valence-corrected chi connectivity index (χ4v) is 6.12. The van der Waals surface area contributed by atoms with Crippen molar-refractivity contribution in [2.75, 3.05) is 13.2 Å². The van der Waals surface area contributed by atoms with Crippen LogP contribution in [0.5, 0.6) is 0 Å². The molecule has 0 radical (unpaired) electrons. The minimum absolute atomic E-state index is 0.191. The second-order valence-corrected chi connectivity index (χ2v) is 15.6. The van der Waals surface area contributed by atoms with Crippen LogP contribution < -0.4 is 0 Å². The molecule has 0 heterocycles. The predicted octanol–water partition coefficient (Wildman–Crippen LogP) is 12.8. The van der Waals surface area contributed by atoms with Crippen LogP contribution in [0, 0.1) is 41.4 Å². The van der Waals surface area contributed by atoms with Gasteiger partial charge in [-0.15, -0.1) is 0 Å². The van der Waals surface area contributed by atoms with Gasteiger partial charge in [-0.1, -0.05) is 177 Å². The van der Waals surface area contributed by atoms with Crippen LogP contribution in [0.2, 0.25) is 0 Å². The first kappa shape index (κ1) is 43.8. The molecule has 2 heteroatoms. The zero-order chi connectivity index (χ0) is 32.2. The maximum Gasteiger partial charge on any atom is 0.0614 e. The Morgan fingerprint density at radius 1 is 0.429 bits per heavy atom. The zero-order valence-corrected chi connectivity index (χ0v) is 30.9. The summed E-state index contributed by atoms with van der Waals surface area (Å²) in [7, 11) is 0. The van der Waals surface area contributed by atoms with Crippen LogP contribution in [0.4, 0.5) is 0 Å². The number of allylic oxidation sites excluding steroid dienone is 1. The summed E-state index contributed by atoms with van der Waals surface area (Å²) in [5.41, 5.74) is 1.34. The Balaban J connectivity index is 0. The summed E-state index contributed by atoms with van der Waals surface area (Å²) in [5.74, 6) is 5.99. The molecule has 5 atom stereocenters. The van der Waals surface area contributed by atoms with Crippen LogP contribution in [0.25, 0.3) is 0 Å². The monoisotopic (exact) mass is 595 g/mol. The lowest BCUT2D eigenvalue weighted by atomic mass is 9.91. The molecule has 0 aromatic heterocycles. The summed E-state index contributed by atoms with van der Waals surface area (Å²) in [6, 6.07) is 0. The number of rotatable bonds is 27. The molecule has 254 valence electrons. The highest BCUT2D eigenvalue weighted by Crippen LogP contribution is 2.23. The van der Waals surface area contributed by atoms with Gasteiger partial charge in [0.05, 0.1) is 6.61 Å². The lowest BCUT2D eigenvalue weighted by molar-refractivity contribution is 0.255. The van der Waals surface area contributed by atoms with E-state index in [-0.39, 0.29) is 6.61 Å². The summed E-state index contributed by atoms with van der Waals surface area (Å²) in [6.07, 6.45) is 27.5. The fraction of sp³-hybridized carbons (Fsp3) is 0.950. The van der Waals surface area contributed by atoms with E-state index >= 15 is 0 Å². The molecule has 42 heavy (non-hydrogen) atoms. The first-order valence-corrected chi connectivity index (χ1v) is 18.8. The summed E-state index contributed by atoms with van der Waals surface area (Å²) in [6.45, 7) is 23.9. The molecule has 0 bridgehead atoms. The van der Waals surface area contributed by atoms with Crippen molar-refractivity contribution in [3.63, 3.8) is 0 Å². The summed E-state index contributed by atoms with van der Waals surface area (Å²) >= 11 is 0. The van der Waals surface area contributed by atoms with Crippen molar-refractivity contribution < 1.29 is 10.2 Å². The molecule has 2 nitrogen and oxygen atoms in total. The molecule has 0 saturated heterocycles. The number of hydrogen-bond donors (Lipinski definition) is 2. The molecule has 0 spiro atoms. The van der Waals surface area contributed by atoms with Crippen LogP contribution in [0.1, 0.15) is 191 Å². The van der Waals surface area contributed by atoms with Gasteiger partial charge in [-0.05, 0) is 67.6 Å². The number of aliphatic hydroxyl groups excluding tert-OH is 2. The van der Waals surface area contributed by atoms with E-state index in [0.29, 0.717) is 12.5 Å². The van der Waals surface area contributed by atoms with Crippen molar-refractivity contribution in [1.29, 1.82) is 0 Å². The third kappa shape index (κ3) is 34.2. The molecular weight excluding hydrogens is 512 g/mol. The van der Waals surface area contributed by atoms with E-state index in [2.05, 4.69) is 69.2 Å². The third-order valence-corrected chi connectivity index (χ3v) is 9.47. The second-order valence-electron chi connectivity index (χ2n) is 15.6. The lowest BCUT2D eigenvalue weighted by Gasteiger charge is -2.16. The van der Waals surface area contributed by atoms with Gasteiger partial charge in [0.2, 0.25) is 0 Å². The molecule has 0 aromatic carbocycles. The predicted molar refractivity (Wildman–Crippen MR) is 191 cm³/mol. The topological polar surface area (TPSA) is 40.5 Å². The Hall–Kier alpha value is -0.340. The van der Waals surface area contributed by atoms with E-state index in [1.165, 1.54) is 115 Å². The summed E-state index contributed by atoms with van der Waals surface area (Å²) in [4.78, 5) is 0. The first-order chi connectivity index (χ1) is 19.9. The number of hydrogen-bond acceptors (Lipinski definition) is 2. The van der Waals surface area contributed by atoms with Crippen molar-refractivity contribution >= 4 is 0 Å². The quantitative estimate of drug-likeness (QED) is 0.0928. The smallest absolute Gasteiger partial charge is 0.0614 e. The lowest BCUT2D eigenvalue weighted by Crippen LogP contribution is -2.02. The molecule has 0 aliphatic rings. The van der Waals surface area contributed by atoms with Crippen molar-refractivity contribution in [3.05, 3.63) is 11.6 Å². The third-order valence-electron chi connectivity index (χ3n) is 9.47. The zero-order valence-electron chi connectivity index (χ0n) is 30.9. The minimum atomic E-state index is 0.191. The maximum absolute atomic E-state index is 8.91. The van der Waals surface area contributed by atoms with E-state index in [1.807, 2.05) is 6.08 Å². The average molecular weight is 595 g/mol.